The van der Waals surface area contributed by atoms with Crippen LogP contribution in [0.5, 0.6) is 0 Å². The summed E-state index contributed by atoms with van der Waals surface area (Å²) in [6.45, 7) is 10.8. The minimum atomic E-state index is -0.366. The van der Waals surface area contributed by atoms with Gasteiger partial charge >= 0.3 is 0 Å². The monoisotopic (exact) mass is 276 g/mol. The standard InChI is InChI=1S/C14H32N2O3/c1-12(2)8-15-9-14(17)10-16(6-7-18-4)13(3)11-19-5/h12-15,17H,6-11H2,1-5H3. The van der Waals surface area contributed by atoms with E-state index in [4.69, 9.17) is 9.47 Å². The molecule has 2 unspecified atom stereocenters. The van der Waals surface area contributed by atoms with E-state index in [9.17, 15) is 5.11 Å². The van der Waals surface area contributed by atoms with Gasteiger partial charge in [0.2, 0.25) is 0 Å². The average Bonchev–Trinajstić information content (AvgIpc) is 2.34. The van der Waals surface area contributed by atoms with Crippen LogP contribution >= 0.6 is 0 Å². The Labute approximate surface area is 118 Å². The van der Waals surface area contributed by atoms with E-state index in [0.717, 1.165) is 13.1 Å². The molecular weight excluding hydrogens is 244 g/mol. The maximum Gasteiger partial charge on any atom is 0.0791 e. The van der Waals surface area contributed by atoms with Crippen LogP contribution in [0.4, 0.5) is 0 Å². The second kappa shape index (κ2) is 11.6. The van der Waals surface area contributed by atoms with Gasteiger partial charge in [0.15, 0.2) is 0 Å². The van der Waals surface area contributed by atoms with E-state index in [0.29, 0.717) is 32.2 Å². The van der Waals surface area contributed by atoms with Crippen molar-refractivity contribution in [1.82, 2.24) is 10.2 Å². The first-order valence-electron chi connectivity index (χ1n) is 7.11. The topological polar surface area (TPSA) is 54.0 Å². The van der Waals surface area contributed by atoms with Crippen LogP contribution in [0.1, 0.15) is 20.8 Å². The number of rotatable bonds is 12. The van der Waals surface area contributed by atoms with Crippen LogP contribution in [0, 0.1) is 5.92 Å². The third kappa shape index (κ3) is 10.3. The van der Waals surface area contributed by atoms with Crippen LogP contribution in [-0.2, 0) is 9.47 Å². The minimum absolute atomic E-state index is 0.278. The predicted octanol–water partition coefficient (Wildman–Crippen LogP) is 0.576. The first-order chi connectivity index (χ1) is 9.01. The van der Waals surface area contributed by atoms with Gasteiger partial charge < -0.3 is 19.9 Å². The molecule has 0 amide bonds. The number of aliphatic hydroxyl groups excluding tert-OH is 1. The zero-order valence-electron chi connectivity index (χ0n) is 13.2. The maximum absolute atomic E-state index is 10.1. The minimum Gasteiger partial charge on any atom is -0.390 e. The molecule has 0 heterocycles. The van der Waals surface area contributed by atoms with Gasteiger partial charge in [-0.2, -0.15) is 0 Å². The number of nitrogens with zero attached hydrogens (tertiary/aromatic N) is 1. The van der Waals surface area contributed by atoms with E-state index in [1.54, 1.807) is 14.2 Å². The van der Waals surface area contributed by atoms with E-state index in [2.05, 4.69) is 31.0 Å². The Morgan fingerprint density at radius 2 is 1.79 bits per heavy atom. The molecule has 0 aromatic rings. The molecule has 0 aromatic heterocycles. The molecular formula is C14H32N2O3. The van der Waals surface area contributed by atoms with Crippen molar-refractivity contribution in [3.8, 4) is 0 Å². The molecule has 0 aliphatic carbocycles. The number of methoxy groups -OCH3 is 2. The van der Waals surface area contributed by atoms with Crippen molar-refractivity contribution >= 4 is 0 Å². The van der Waals surface area contributed by atoms with Gasteiger partial charge in [-0.3, -0.25) is 4.90 Å². The molecule has 0 radical (unpaired) electrons. The zero-order valence-corrected chi connectivity index (χ0v) is 13.2. The molecule has 5 heteroatoms. The van der Waals surface area contributed by atoms with Crippen molar-refractivity contribution in [3.05, 3.63) is 0 Å². The summed E-state index contributed by atoms with van der Waals surface area (Å²) < 4.78 is 10.3. The van der Waals surface area contributed by atoms with Gasteiger partial charge in [0, 0.05) is 39.9 Å². The smallest absolute Gasteiger partial charge is 0.0791 e. The summed E-state index contributed by atoms with van der Waals surface area (Å²) in [7, 11) is 3.39. The lowest BCUT2D eigenvalue weighted by Gasteiger charge is -2.30. The summed E-state index contributed by atoms with van der Waals surface area (Å²) in [4.78, 5) is 2.20. The van der Waals surface area contributed by atoms with Gasteiger partial charge in [-0.1, -0.05) is 13.8 Å². The van der Waals surface area contributed by atoms with Gasteiger partial charge in [0.05, 0.1) is 19.3 Å². The van der Waals surface area contributed by atoms with Gasteiger partial charge in [-0.25, -0.2) is 0 Å². The first kappa shape index (κ1) is 18.8. The molecule has 5 nitrogen and oxygen atoms in total. The Morgan fingerprint density at radius 1 is 1.11 bits per heavy atom. The van der Waals surface area contributed by atoms with Crippen molar-refractivity contribution in [2.75, 3.05) is 53.6 Å². The molecule has 0 aliphatic heterocycles. The molecule has 116 valence electrons. The highest BCUT2D eigenvalue weighted by Crippen LogP contribution is 2.02. The quantitative estimate of drug-likeness (QED) is 0.546. The molecule has 2 N–H and O–H groups in total. The Balaban J connectivity index is 4.06. The first-order valence-corrected chi connectivity index (χ1v) is 7.11. The Hall–Kier alpha value is -0.200. The largest absolute Gasteiger partial charge is 0.390 e. The van der Waals surface area contributed by atoms with Crippen molar-refractivity contribution < 1.29 is 14.6 Å². The zero-order chi connectivity index (χ0) is 14.7. The molecule has 0 bridgehead atoms. The van der Waals surface area contributed by atoms with Crippen LogP contribution in [0.25, 0.3) is 0 Å². The van der Waals surface area contributed by atoms with Crippen LogP contribution < -0.4 is 5.32 Å². The van der Waals surface area contributed by atoms with Crippen LogP contribution in [-0.4, -0.2) is 75.8 Å². The Bertz CT molecular complexity index is 203. The second-order valence-corrected chi connectivity index (χ2v) is 5.50. The third-order valence-corrected chi connectivity index (χ3v) is 2.99. The normalized spacial score (nSPS) is 15.2. The number of nitrogens with one attached hydrogen (secondary N) is 1. The summed E-state index contributed by atoms with van der Waals surface area (Å²) in [5, 5.41) is 13.3. The third-order valence-electron chi connectivity index (χ3n) is 2.99. The average molecular weight is 276 g/mol. The SMILES string of the molecule is COCCN(CC(O)CNCC(C)C)C(C)COC. The summed E-state index contributed by atoms with van der Waals surface area (Å²) in [5.41, 5.74) is 0. The van der Waals surface area contributed by atoms with Gasteiger partial charge in [0.25, 0.3) is 0 Å². The van der Waals surface area contributed by atoms with Crippen LogP contribution in [0.15, 0.2) is 0 Å². The lowest BCUT2D eigenvalue weighted by molar-refractivity contribution is 0.0390. The number of ether oxygens (including phenoxy) is 2. The molecule has 0 rings (SSSR count). The van der Waals surface area contributed by atoms with Crippen molar-refractivity contribution in [3.63, 3.8) is 0 Å². The molecule has 19 heavy (non-hydrogen) atoms. The summed E-state index contributed by atoms with van der Waals surface area (Å²) in [5.74, 6) is 0.601. The molecule has 2 atom stereocenters. The lowest BCUT2D eigenvalue weighted by atomic mass is 10.2. The highest BCUT2D eigenvalue weighted by atomic mass is 16.5. The van der Waals surface area contributed by atoms with Crippen LogP contribution in [0.3, 0.4) is 0 Å². The van der Waals surface area contributed by atoms with Crippen molar-refractivity contribution in [2.45, 2.75) is 32.9 Å². The van der Waals surface area contributed by atoms with Crippen LogP contribution in [0.2, 0.25) is 0 Å². The van der Waals surface area contributed by atoms with Gasteiger partial charge in [-0.05, 0) is 19.4 Å². The maximum atomic E-state index is 10.1. The number of hydrogen-bond acceptors (Lipinski definition) is 5. The summed E-state index contributed by atoms with van der Waals surface area (Å²) >= 11 is 0. The van der Waals surface area contributed by atoms with E-state index in [1.807, 2.05) is 0 Å². The predicted molar refractivity (Wildman–Crippen MR) is 78.5 cm³/mol. The molecule has 0 aliphatic rings. The fourth-order valence-electron chi connectivity index (χ4n) is 1.92. The molecule has 0 spiro atoms. The van der Waals surface area contributed by atoms with E-state index >= 15 is 0 Å². The highest BCUT2D eigenvalue weighted by molar-refractivity contribution is 4.72. The number of hydrogen-bond donors (Lipinski definition) is 2. The van der Waals surface area contributed by atoms with E-state index < -0.39 is 0 Å². The van der Waals surface area contributed by atoms with E-state index in [-0.39, 0.29) is 12.1 Å². The fraction of sp³-hybridized carbons (Fsp3) is 1.00. The van der Waals surface area contributed by atoms with E-state index in [1.165, 1.54) is 0 Å². The van der Waals surface area contributed by atoms with Gasteiger partial charge in [-0.15, -0.1) is 0 Å². The number of aliphatic hydroxyl groups is 1. The summed E-state index contributed by atoms with van der Waals surface area (Å²) in [6.07, 6.45) is -0.366. The second-order valence-electron chi connectivity index (χ2n) is 5.50. The highest BCUT2D eigenvalue weighted by Gasteiger charge is 2.17. The molecule has 0 saturated carbocycles. The fourth-order valence-corrected chi connectivity index (χ4v) is 1.92. The molecule has 0 saturated heterocycles. The van der Waals surface area contributed by atoms with Crippen molar-refractivity contribution in [2.24, 2.45) is 5.92 Å². The molecule has 0 aromatic carbocycles. The lowest BCUT2D eigenvalue weighted by Crippen LogP contribution is -2.45. The Morgan fingerprint density at radius 3 is 2.32 bits per heavy atom. The van der Waals surface area contributed by atoms with Crippen molar-refractivity contribution in [1.29, 1.82) is 0 Å². The van der Waals surface area contributed by atoms with Gasteiger partial charge in [0.1, 0.15) is 0 Å². The molecule has 0 fully saturated rings. The summed E-state index contributed by atoms with van der Waals surface area (Å²) in [6, 6.07) is 0.278. The Kier molecular flexibility index (Phi) is 11.5.